The average molecular weight is 647 g/mol. The van der Waals surface area contributed by atoms with E-state index in [0.717, 1.165) is 0 Å². The Bertz CT molecular complexity index is 1940. The Kier molecular flexibility index (Phi) is 9.56. The number of carbonyl (C=O) groups excluding carboxylic acids is 2. The average Bonchev–Trinajstić information content (AvgIpc) is 3.08. The second-order valence-electron chi connectivity index (χ2n) is 9.83. The molecule has 0 aromatic heterocycles. The van der Waals surface area contributed by atoms with E-state index in [4.69, 9.17) is 9.47 Å². The van der Waals surface area contributed by atoms with Crippen LogP contribution in [0.5, 0.6) is 23.0 Å². The first-order valence-electron chi connectivity index (χ1n) is 13.8. The van der Waals surface area contributed by atoms with E-state index < -0.39 is 21.8 Å². The number of hydrogen-bond acceptors (Lipinski definition) is 12. The quantitative estimate of drug-likeness (QED) is 0.0530. The van der Waals surface area contributed by atoms with Crippen LogP contribution in [0.15, 0.2) is 119 Å². The Morgan fingerprint density at radius 1 is 0.583 bits per heavy atom. The highest BCUT2D eigenvalue weighted by Crippen LogP contribution is 2.29. The van der Waals surface area contributed by atoms with Crippen molar-refractivity contribution >= 4 is 47.1 Å². The number of aliphatic imine (C=N–C) groups is 2. The maximum absolute atomic E-state index is 12.7. The van der Waals surface area contributed by atoms with Crippen LogP contribution in [-0.4, -0.2) is 44.4 Å². The highest BCUT2D eigenvalue weighted by Gasteiger charge is 2.14. The fourth-order valence-electron chi connectivity index (χ4n) is 4.13. The predicted octanol–water partition coefficient (Wildman–Crippen LogP) is 6.85. The number of nitro groups is 2. The molecule has 5 aromatic rings. The van der Waals surface area contributed by atoms with Crippen LogP contribution in [0.4, 0.5) is 22.7 Å². The molecular formula is C34H22N4O10. The number of nitrogens with zero attached hydrogens (tertiary/aromatic N) is 4. The third kappa shape index (κ3) is 7.89. The van der Waals surface area contributed by atoms with Crippen molar-refractivity contribution in [2.24, 2.45) is 9.98 Å². The van der Waals surface area contributed by atoms with Gasteiger partial charge in [-0.3, -0.25) is 30.2 Å². The number of esters is 2. The van der Waals surface area contributed by atoms with Gasteiger partial charge >= 0.3 is 11.9 Å². The summed E-state index contributed by atoms with van der Waals surface area (Å²) in [5.41, 5.74) is 0.944. The Balaban J connectivity index is 1.31. The van der Waals surface area contributed by atoms with E-state index in [9.17, 15) is 40.0 Å². The monoisotopic (exact) mass is 646 g/mol. The summed E-state index contributed by atoms with van der Waals surface area (Å²) < 4.78 is 10.6. The van der Waals surface area contributed by atoms with Crippen LogP contribution in [0.3, 0.4) is 0 Å². The molecule has 0 amide bonds. The number of ether oxygens (including phenoxy) is 2. The van der Waals surface area contributed by atoms with Gasteiger partial charge in [-0.25, -0.2) is 9.59 Å². The van der Waals surface area contributed by atoms with Gasteiger partial charge < -0.3 is 19.7 Å². The number of hydrogen-bond donors (Lipinski definition) is 2. The number of phenols is 2. The van der Waals surface area contributed by atoms with E-state index >= 15 is 0 Å². The van der Waals surface area contributed by atoms with Crippen molar-refractivity contribution in [2.75, 3.05) is 0 Å². The number of phenolic OH excluding ortho intramolecular Hbond substituents is 2. The zero-order valence-electron chi connectivity index (χ0n) is 24.5. The van der Waals surface area contributed by atoms with Gasteiger partial charge in [0.2, 0.25) is 0 Å². The first-order chi connectivity index (χ1) is 23.1. The van der Waals surface area contributed by atoms with Crippen molar-refractivity contribution in [2.45, 2.75) is 0 Å². The molecule has 14 heteroatoms. The maximum atomic E-state index is 12.7. The van der Waals surface area contributed by atoms with Gasteiger partial charge in [0.15, 0.2) is 0 Å². The fourth-order valence-corrected chi connectivity index (χ4v) is 4.13. The molecular weight excluding hydrogens is 624 g/mol. The topological polar surface area (TPSA) is 204 Å². The minimum absolute atomic E-state index is 0.0846. The van der Waals surface area contributed by atoms with E-state index in [-0.39, 0.29) is 56.6 Å². The Hall–Kier alpha value is -7.22. The summed E-state index contributed by atoms with van der Waals surface area (Å²) in [7, 11) is 0. The van der Waals surface area contributed by atoms with E-state index in [0.29, 0.717) is 11.4 Å². The molecule has 0 saturated carbocycles. The van der Waals surface area contributed by atoms with Crippen molar-refractivity contribution in [3.05, 3.63) is 152 Å². The van der Waals surface area contributed by atoms with Crippen LogP contribution >= 0.6 is 0 Å². The lowest BCUT2D eigenvalue weighted by atomic mass is 10.1. The summed E-state index contributed by atoms with van der Waals surface area (Å²) in [5.74, 6) is -1.68. The molecule has 0 radical (unpaired) electrons. The minimum atomic E-state index is -0.762. The van der Waals surface area contributed by atoms with Crippen molar-refractivity contribution in [1.82, 2.24) is 0 Å². The molecule has 0 atom stereocenters. The van der Waals surface area contributed by atoms with Crippen LogP contribution in [-0.2, 0) is 0 Å². The molecule has 238 valence electrons. The van der Waals surface area contributed by atoms with Crippen molar-refractivity contribution in [3.8, 4) is 23.0 Å². The molecule has 0 fully saturated rings. The fraction of sp³-hybridized carbons (Fsp3) is 0. The van der Waals surface area contributed by atoms with E-state index in [2.05, 4.69) is 9.98 Å². The molecule has 5 rings (SSSR count). The third-order valence-electron chi connectivity index (χ3n) is 6.61. The molecule has 5 aromatic carbocycles. The number of aromatic hydroxyl groups is 2. The van der Waals surface area contributed by atoms with Crippen LogP contribution < -0.4 is 9.47 Å². The molecule has 0 aliphatic carbocycles. The SMILES string of the molecule is O=C(Oc1ccc([N+](=O)[O-])cc1)c1ccc(O)c(C=Nc2ccccc2N=Cc2cc(C(=O)Oc3ccc([N+](=O)[O-])cc3)ccc2O)c1. The molecule has 48 heavy (non-hydrogen) atoms. The number of benzene rings is 5. The van der Waals surface area contributed by atoms with Crippen molar-refractivity contribution < 1.29 is 39.1 Å². The van der Waals surface area contributed by atoms with Gasteiger partial charge in [-0.2, -0.15) is 0 Å². The molecule has 0 spiro atoms. The van der Waals surface area contributed by atoms with Gasteiger partial charge in [0.05, 0.1) is 32.3 Å². The molecule has 2 N–H and O–H groups in total. The summed E-state index contributed by atoms with van der Waals surface area (Å²) in [6.45, 7) is 0. The first-order valence-corrected chi connectivity index (χ1v) is 13.8. The van der Waals surface area contributed by atoms with Gasteiger partial charge in [-0.1, -0.05) is 12.1 Å². The van der Waals surface area contributed by atoms with Crippen LogP contribution in [0.1, 0.15) is 31.8 Å². The smallest absolute Gasteiger partial charge is 0.343 e. The number of nitro benzene ring substituents is 2. The predicted molar refractivity (Wildman–Crippen MR) is 173 cm³/mol. The largest absolute Gasteiger partial charge is 0.507 e. The summed E-state index contributed by atoms with van der Waals surface area (Å²) in [5, 5.41) is 42.5. The molecule has 0 unspecified atom stereocenters. The van der Waals surface area contributed by atoms with Gasteiger partial charge in [0.1, 0.15) is 23.0 Å². The highest BCUT2D eigenvalue weighted by atomic mass is 16.6. The highest BCUT2D eigenvalue weighted by molar-refractivity contribution is 5.97. The summed E-state index contributed by atoms with van der Waals surface area (Å²) in [6.07, 6.45) is 2.64. The second kappa shape index (κ2) is 14.3. The van der Waals surface area contributed by atoms with Gasteiger partial charge in [0.25, 0.3) is 11.4 Å². The first kappa shape index (κ1) is 32.2. The normalized spacial score (nSPS) is 11.0. The van der Waals surface area contributed by atoms with Gasteiger partial charge in [-0.05, 0) is 72.8 Å². The number of non-ortho nitro benzene ring substituents is 2. The van der Waals surface area contributed by atoms with Gasteiger partial charge in [-0.15, -0.1) is 0 Å². The van der Waals surface area contributed by atoms with Crippen LogP contribution in [0, 0.1) is 20.2 Å². The van der Waals surface area contributed by atoms with Crippen LogP contribution in [0.2, 0.25) is 0 Å². The summed E-state index contributed by atoms with van der Waals surface area (Å²) in [6, 6.07) is 24.7. The Morgan fingerprint density at radius 2 is 0.958 bits per heavy atom. The Morgan fingerprint density at radius 3 is 1.31 bits per heavy atom. The van der Waals surface area contributed by atoms with Crippen molar-refractivity contribution in [3.63, 3.8) is 0 Å². The van der Waals surface area contributed by atoms with Crippen LogP contribution in [0.25, 0.3) is 0 Å². The number of carbonyl (C=O) groups is 2. The molecule has 0 bridgehead atoms. The Labute approximate surface area is 270 Å². The molecule has 0 aliphatic heterocycles. The third-order valence-corrected chi connectivity index (χ3v) is 6.61. The second-order valence-corrected chi connectivity index (χ2v) is 9.83. The zero-order chi connectivity index (χ0) is 34.2. The van der Waals surface area contributed by atoms with E-state index in [1.54, 1.807) is 24.3 Å². The van der Waals surface area contributed by atoms with Gasteiger partial charge in [0, 0.05) is 47.8 Å². The number of para-hydroxylation sites is 2. The molecule has 0 saturated heterocycles. The lowest BCUT2D eigenvalue weighted by molar-refractivity contribution is -0.385. The van der Waals surface area contributed by atoms with E-state index in [1.165, 1.54) is 97.4 Å². The van der Waals surface area contributed by atoms with Crippen molar-refractivity contribution in [1.29, 1.82) is 0 Å². The molecule has 14 nitrogen and oxygen atoms in total. The standard InChI is InChI=1S/C34H22N4O10/c39-31-15-5-21(33(41)47-27-11-7-25(8-12-27)37(43)44)17-23(31)19-35-29-3-1-2-4-30(29)36-20-24-18-22(6-16-32(24)40)34(42)48-28-13-9-26(10-14-28)38(45)46/h1-20,39-40H. The van der Waals surface area contributed by atoms with E-state index in [1.807, 2.05) is 0 Å². The molecule has 0 aliphatic rings. The summed E-state index contributed by atoms with van der Waals surface area (Å²) in [4.78, 5) is 54.7. The lowest BCUT2D eigenvalue weighted by Crippen LogP contribution is -2.09. The minimum Gasteiger partial charge on any atom is -0.507 e. The zero-order valence-corrected chi connectivity index (χ0v) is 24.5. The summed E-state index contributed by atoms with van der Waals surface area (Å²) >= 11 is 0. The maximum Gasteiger partial charge on any atom is 0.343 e. The number of rotatable bonds is 10. The lowest BCUT2D eigenvalue weighted by Gasteiger charge is -2.07. The molecule has 0 heterocycles.